The van der Waals surface area contributed by atoms with Crippen molar-refractivity contribution < 1.29 is 19.1 Å². The topological polar surface area (TPSA) is 84.5 Å². The van der Waals surface area contributed by atoms with E-state index in [1.165, 1.54) is 12.1 Å². The third kappa shape index (κ3) is 5.46. The van der Waals surface area contributed by atoms with E-state index >= 15 is 0 Å². The predicted molar refractivity (Wildman–Crippen MR) is 99.3 cm³/mol. The van der Waals surface area contributed by atoms with Crippen LogP contribution in [0.3, 0.4) is 0 Å². The second kappa shape index (κ2) is 9.39. The lowest BCUT2D eigenvalue weighted by molar-refractivity contribution is -0.124. The second-order valence-electron chi connectivity index (χ2n) is 5.18. The van der Waals surface area contributed by atoms with Gasteiger partial charge in [0.15, 0.2) is 6.61 Å². The SMILES string of the molecule is C=CCNC(=O)COC(=O)c1ccccc1NC(=O)c1ccc(Cl)cc1. The van der Waals surface area contributed by atoms with E-state index < -0.39 is 24.4 Å². The molecule has 0 atom stereocenters. The molecular formula is C19H17ClN2O4. The summed E-state index contributed by atoms with van der Waals surface area (Å²) < 4.78 is 4.98. The van der Waals surface area contributed by atoms with Gasteiger partial charge in [0.1, 0.15) is 0 Å². The summed E-state index contributed by atoms with van der Waals surface area (Å²) in [5, 5.41) is 5.66. The molecule has 6 nitrogen and oxygen atoms in total. The smallest absolute Gasteiger partial charge is 0.340 e. The van der Waals surface area contributed by atoms with Crippen molar-refractivity contribution in [2.45, 2.75) is 0 Å². The molecule has 2 N–H and O–H groups in total. The lowest BCUT2D eigenvalue weighted by Crippen LogP contribution is -2.29. The summed E-state index contributed by atoms with van der Waals surface area (Å²) in [6.45, 7) is 3.33. The average Bonchev–Trinajstić information content (AvgIpc) is 2.65. The third-order valence-electron chi connectivity index (χ3n) is 3.28. The molecule has 26 heavy (non-hydrogen) atoms. The van der Waals surface area contributed by atoms with E-state index in [1.54, 1.807) is 42.5 Å². The molecule has 0 unspecified atom stereocenters. The number of hydrogen-bond donors (Lipinski definition) is 2. The van der Waals surface area contributed by atoms with E-state index in [9.17, 15) is 14.4 Å². The maximum Gasteiger partial charge on any atom is 0.340 e. The largest absolute Gasteiger partial charge is 0.452 e. The van der Waals surface area contributed by atoms with E-state index in [4.69, 9.17) is 16.3 Å². The number of rotatable bonds is 7. The maximum atomic E-state index is 12.3. The fraction of sp³-hybridized carbons (Fsp3) is 0.105. The molecule has 7 heteroatoms. The minimum Gasteiger partial charge on any atom is -0.452 e. The van der Waals surface area contributed by atoms with Gasteiger partial charge in [-0.15, -0.1) is 6.58 Å². The summed E-state index contributed by atoms with van der Waals surface area (Å²) in [6.07, 6.45) is 1.52. The normalized spacial score (nSPS) is 9.88. The Bertz CT molecular complexity index is 819. The van der Waals surface area contributed by atoms with Gasteiger partial charge in [0.05, 0.1) is 11.3 Å². The summed E-state index contributed by atoms with van der Waals surface area (Å²) in [6, 6.07) is 12.7. The van der Waals surface area contributed by atoms with Gasteiger partial charge in [-0.2, -0.15) is 0 Å². The summed E-state index contributed by atoms with van der Waals surface area (Å²) >= 11 is 5.80. The molecule has 0 bridgehead atoms. The Morgan fingerprint density at radius 3 is 2.46 bits per heavy atom. The van der Waals surface area contributed by atoms with Crippen LogP contribution in [0.15, 0.2) is 61.2 Å². The van der Waals surface area contributed by atoms with E-state index in [0.717, 1.165) is 0 Å². The average molecular weight is 373 g/mol. The first-order valence-corrected chi connectivity index (χ1v) is 8.09. The summed E-state index contributed by atoms with van der Waals surface area (Å²) in [7, 11) is 0. The van der Waals surface area contributed by atoms with Gasteiger partial charge >= 0.3 is 5.97 Å². The fourth-order valence-corrected chi connectivity index (χ4v) is 2.14. The number of para-hydroxylation sites is 1. The number of amides is 2. The first-order valence-electron chi connectivity index (χ1n) is 7.72. The van der Waals surface area contributed by atoms with Crippen LogP contribution in [0, 0.1) is 0 Å². The van der Waals surface area contributed by atoms with Crippen LogP contribution in [0.1, 0.15) is 20.7 Å². The van der Waals surface area contributed by atoms with E-state index in [2.05, 4.69) is 17.2 Å². The van der Waals surface area contributed by atoms with Crippen LogP contribution in [-0.4, -0.2) is 30.9 Å². The number of benzene rings is 2. The number of esters is 1. The molecule has 0 fully saturated rings. The molecule has 2 aromatic carbocycles. The van der Waals surface area contributed by atoms with Gasteiger partial charge in [0, 0.05) is 17.1 Å². The zero-order valence-electron chi connectivity index (χ0n) is 13.8. The van der Waals surface area contributed by atoms with Crippen LogP contribution in [-0.2, 0) is 9.53 Å². The summed E-state index contributed by atoms with van der Waals surface area (Å²) in [5.74, 6) is -1.56. The van der Waals surface area contributed by atoms with E-state index in [-0.39, 0.29) is 17.8 Å². The Balaban J connectivity index is 2.05. The van der Waals surface area contributed by atoms with Gasteiger partial charge < -0.3 is 15.4 Å². The Labute approximate surface area is 155 Å². The lowest BCUT2D eigenvalue weighted by Gasteiger charge is -2.11. The van der Waals surface area contributed by atoms with Crippen molar-refractivity contribution in [1.82, 2.24) is 5.32 Å². The highest BCUT2D eigenvalue weighted by Gasteiger charge is 2.16. The van der Waals surface area contributed by atoms with Crippen molar-refractivity contribution in [2.75, 3.05) is 18.5 Å². The molecule has 134 valence electrons. The molecule has 0 aliphatic carbocycles. The highest BCUT2D eigenvalue weighted by molar-refractivity contribution is 6.30. The quantitative estimate of drug-likeness (QED) is 0.578. The Hall–Kier alpha value is -3.12. The number of carbonyl (C=O) groups excluding carboxylic acids is 3. The van der Waals surface area contributed by atoms with Crippen molar-refractivity contribution in [2.24, 2.45) is 0 Å². The molecule has 0 saturated carbocycles. The van der Waals surface area contributed by atoms with Crippen molar-refractivity contribution in [3.05, 3.63) is 77.3 Å². The van der Waals surface area contributed by atoms with Crippen LogP contribution < -0.4 is 10.6 Å². The zero-order valence-corrected chi connectivity index (χ0v) is 14.6. The number of hydrogen-bond acceptors (Lipinski definition) is 4. The van der Waals surface area contributed by atoms with Gasteiger partial charge in [-0.1, -0.05) is 29.8 Å². The predicted octanol–water partition coefficient (Wildman–Crippen LogP) is 3.05. The molecule has 0 heterocycles. The molecular weight excluding hydrogens is 356 g/mol. The molecule has 0 saturated heterocycles. The molecule has 0 radical (unpaired) electrons. The molecule has 0 aliphatic heterocycles. The van der Waals surface area contributed by atoms with Crippen LogP contribution in [0.25, 0.3) is 0 Å². The highest BCUT2D eigenvalue weighted by Crippen LogP contribution is 2.18. The van der Waals surface area contributed by atoms with Gasteiger partial charge in [0.25, 0.3) is 11.8 Å². The third-order valence-corrected chi connectivity index (χ3v) is 3.53. The fourth-order valence-electron chi connectivity index (χ4n) is 2.01. The maximum absolute atomic E-state index is 12.3. The lowest BCUT2D eigenvalue weighted by atomic mass is 10.1. The van der Waals surface area contributed by atoms with Crippen LogP contribution >= 0.6 is 11.6 Å². The number of ether oxygens (including phenoxy) is 1. The molecule has 2 amide bonds. The monoisotopic (exact) mass is 372 g/mol. The number of carbonyl (C=O) groups is 3. The van der Waals surface area contributed by atoms with E-state index in [1.807, 2.05) is 0 Å². The number of halogens is 1. The van der Waals surface area contributed by atoms with Gasteiger partial charge in [-0.25, -0.2) is 4.79 Å². The van der Waals surface area contributed by atoms with E-state index in [0.29, 0.717) is 10.6 Å². The number of anilines is 1. The van der Waals surface area contributed by atoms with Crippen LogP contribution in [0.4, 0.5) is 5.69 Å². The van der Waals surface area contributed by atoms with Crippen molar-refractivity contribution in [3.8, 4) is 0 Å². The number of nitrogens with one attached hydrogen (secondary N) is 2. The standard InChI is InChI=1S/C19H17ClN2O4/c1-2-11-21-17(23)12-26-19(25)15-5-3-4-6-16(15)22-18(24)13-7-9-14(20)10-8-13/h2-10H,1,11-12H2,(H,21,23)(H,22,24). The minimum absolute atomic E-state index is 0.145. The molecule has 2 rings (SSSR count). The van der Waals surface area contributed by atoms with Crippen LogP contribution in [0.5, 0.6) is 0 Å². The molecule has 0 aliphatic rings. The highest BCUT2D eigenvalue weighted by atomic mass is 35.5. The Morgan fingerprint density at radius 2 is 1.77 bits per heavy atom. The second-order valence-corrected chi connectivity index (χ2v) is 5.61. The summed E-state index contributed by atoms with van der Waals surface area (Å²) in [4.78, 5) is 36.0. The Kier molecular flexibility index (Phi) is 6.93. The van der Waals surface area contributed by atoms with Gasteiger partial charge in [-0.05, 0) is 36.4 Å². The summed E-state index contributed by atoms with van der Waals surface area (Å²) in [5.41, 5.74) is 0.816. The minimum atomic E-state index is -0.717. The first-order chi connectivity index (χ1) is 12.5. The Morgan fingerprint density at radius 1 is 1.08 bits per heavy atom. The van der Waals surface area contributed by atoms with Gasteiger partial charge in [0.2, 0.25) is 0 Å². The van der Waals surface area contributed by atoms with Crippen LogP contribution in [0.2, 0.25) is 5.02 Å². The van der Waals surface area contributed by atoms with Crippen molar-refractivity contribution in [1.29, 1.82) is 0 Å². The zero-order chi connectivity index (χ0) is 18.9. The molecule has 0 aromatic heterocycles. The molecule has 0 spiro atoms. The van der Waals surface area contributed by atoms with Crippen molar-refractivity contribution >= 4 is 35.1 Å². The molecule has 2 aromatic rings. The van der Waals surface area contributed by atoms with Gasteiger partial charge in [-0.3, -0.25) is 9.59 Å². The van der Waals surface area contributed by atoms with Crippen molar-refractivity contribution in [3.63, 3.8) is 0 Å². The first kappa shape index (κ1) is 19.2.